The van der Waals surface area contributed by atoms with E-state index in [9.17, 15) is 9.18 Å². The van der Waals surface area contributed by atoms with Gasteiger partial charge in [0.15, 0.2) is 17.2 Å². The van der Waals surface area contributed by atoms with Crippen molar-refractivity contribution in [3.8, 4) is 11.1 Å². The molecule has 0 aliphatic carbocycles. The molecule has 28 heavy (non-hydrogen) atoms. The number of carbonyl (C=O) groups is 1. The molecule has 0 spiro atoms. The smallest absolute Gasteiger partial charge is 0.358 e. The number of carbonyl (C=O) groups excluding carboxylic acids is 1. The van der Waals surface area contributed by atoms with Crippen LogP contribution in [0, 0.1) is 5.82 Å². The average Bonchev–Trinajstić information content (AvgIpc) is 3.14. The third-order valence-electron chi connectivity index (χ3n) is 5.06. The van der Waals surface area contributed by atoms with Gasteiger partial charge in [-0.25, -0.2) is 14.2 Å². The number of imidazole rings is 1. The lowest BCUT2D eigenvalue weighted by atomic mass is 10.1. The van der Waals surface area contributed by atoms with Crippen molar-refractivity contribution in [2.75, 3.05) is 44.7 Å². The summed E-state index contributed by atoms with van der Waals surface area (Å²) in [5.74, 6) is -1.03. The number of anilines is 1. The van der Waals surface area contributed by atoms with Crippen LogP contribution in [-0.4, -0.2) is 60.1 Å². The highest BCUT2D eigenvalue weighted by Gasteiger charge is 2.16. The van der Waals surface area contributed by atoms with E-state index in [0.29, 0.717) is 0 Å². The summed E-state index contributed by atoms with van der Waals surface area (Å²) in [6, 6.07) is 9.58. The van der Waals surface area contributed by atoms with Crippen molar-refractivity contribution in [2.24, 2.45) is 0 Å². The van der Waals surface area contributed by atoms with Gasteiger partial charge in [-0.3, -0.25) is 0 Å². The van der Waals surface area contributed by atoms with Crippen molar-refractivity contribution >= 4 is 17.3 Å². The van der Waals surface area contributed by atoms with Gasteiger partial charge >= 0.3 is 5.97 Å². The molecular formula is C21H23FN4O2. The van der Waals surface area contributed by atoms with Gasteiger partial charge in [0, 0.05) is 49.8 Å². The molecule has 0 atom stereocenters. The lowest BCUT2D eigenvalue weighted by molar-refractivity contribution is 0.0520. The second kappa shape index (κ2) is 7.59. The fourth-order valence-corrected chi connectivity index (χ4v) is 3.45. The number of nitrogens with zero attached hydrogens (tertiary/aromatic N) is 4. The largest absolute Gasteiger partial charge is 0.461 e. The number of hydrogen-bond donors (Lipinski definition) is 0. The molecule has 6 nitrogen and oxygen atoms in total. The van der Waals surface area contributed by atoms with Gasteiger partial charge < -0.3 is 18.9 Å². The van der Waals surface area contributed by atoms with E-state index in [-0.39, 0.29) is 17.9 Å². The van der Waals surface area contributed by atoms with Crippen molar-refractivity contribution in [3.63, 3.8) is 0 Å². The number of esters is 1. The van der Waals surface area contributed by atoms with Crippen molar-refractivity contribution in [3.05, 3.63) is 54.2 Å². The minimum absolute atomic E-state index is 0.100. The molecule has 0 radical (unpaired) electrons. The SMILES string of the molecule is CCOC(=O)c1cn2cc(-c3ccc(N4CCN(C)CC4)cc3)cc(F)c2n1. The summed E-state index contributed by atoms with van der Waals surface area (Å²) in [5.41, 5.74) is 3.02. The molecule has 0 N–H and O–H groups in total. The van der Waals surface area contributed by atoms with E-state index >= 15 is 0 Å². The molecule has 0 amide bonds. The number of aromatic nitrogens is 2. The highest BCUT2D eigenvalue weighted by atomic mass is 19.1. The van der Waals surface area contributed by atoms with E-state index in [2.05, 4.69) is 34.0 Å². The normalized spacial score (nSPS) is 15.2. The zero-order valence-electron chi connectivity index (χ0n) is 16.1. The number of halogens is 1. The number of fused-ring (bicyclic) bond motifs is 1. The average molecular weight is 382 g/mol. The van der Waals surface area contributed by atoms with E-state index in [1.807, 2.05) is 12.1 Å². The van der Waals surface area contributed by atoms with Gasteiger partial charge in [-0.1, -0.05) is 12.1 Å². The maximum atomic E-state index is 14.6. The van der Waals surface area contributed by atoms with E-state index in [1.165, 1.54) is 22.4 Å². The van der Waals surface area contributed by atoms with Gasteiger partial charge in [-0.15, -0.1) is 0 Å². The number of ether oxygens (including phenoxy) is 1. The van der Waals surface area contributed by atoms with Crippen molar-refractivity contribution in [1.82, 2.24) is 14.3 Å². The zero-order valence-corrected chi connectivity index (χ0v) is 16.1. The molecule has 1 aromatic carbocycles. The summed E-state index contributed by atoms with van der Waals surface area (Å²) in [6.07, 6.45) is 3.28. The van der Waals surface area contributed by atoms with E-state index < -0.39 is 11.8 Å². The first-order valence-electron chi connectivity index (χ1n) is 9.44. The molecule has 146 valence electrons. The second-order valence-electron chi connectivity index (χ2n) is 6.99. The third kappa shape index (κ3) is 3.57. The molecule has 0 saturated carbocycles. The van der Waals surface area contributed by atoms with E-state index in [0.717, 1.165) is 37.3 Å². The van der Waals surface area contributed by atoms with Crippen LogP contribution in [0.3, 0.4) is 0 Å². The Hall–Kier alpha value is -2.93. The van der Waals surface area contributed by atoms with Gasteiger partial charge in [-0.2, -0.15) is 0 Å². The van der Waals surface area contributed by atoms with Gasteiger partial charge in [-0.05, 0) is 37.7 Å². The monoisotopic (exact) mass is 382 g/mol. The van der Waals surface area contributed by atoms with Gasteiger partial charge in [0.2, 0.25) is 0 Å². The Morgan fingerprint density at radius 1 is 1.11 bits per heavy atom. The van der Waals surface area contributed by atoms with Crippen molar-refractivity contribution < 1.29 is 13.9 Å². The van der Waals surface area contributed by atoms with Crippen LogP contribution in [0.5, 0.6) is 0 Å². The Morgan fingerprint density at radius 3 is 2.50 bits per heavy atom. The van der Waals surface area contributed by atoms with Crippen LogP contribution in [0.4, 0.5) is 10.1 Å². The Bertz CT molecular complexity index is 992. The van der Waals surface area contributed by atoms with Crippen LogP contribution in [0.2, 0.25) is 0 Å². The number of benzene rings is 1. The molecule has 2 aromatic heterocycles. The predicted molar refractivity (Wildman–Crippen MR) is 106 cm³/mol. The number of hydrogen-bond acceptors (Lipinski definition) is 5. The lowest BCUT2D eigenvalue weighted by Gasteiger charge is -2.34. The van der Waals surface area contributed by atoms with E-state index in [1.54, 1.807) is 13.1 Å². The Labute approximate surface area is 163 Å². The quantitative estimate of drug-likeness (QED) is 0.649. The molecule has 1 aliphatic heterocycles. The molecular weight excluding hydrogens is 359 g/mol. The van der Waals surface area contributed by atoms with Crippen LogP contribution in [0.25, 0.3) is 16.8 Å². The number of likely N-dealkylation sites (N-methyl/N-ethyl adjacent to an activating group) is 1. The standard InChI is InChI=1S/C21H23FN4O2/c1-3-28-21(27)19-14-26-13-16(12-18(22)20(26)23-19)15-4-6-17(7-5-15)25-10-8-24(2)9-11-25/h4-7,12-14H,3,8-11H2,1-2H3. The predicted octanol–water partition coefficient (Wildman–Crippen LogP) is 3.07. The molecule has 3 aromatic rings. The second-order valence-corrected chi connectivity index (χ2v) is 6.99. The summed E-state index contributed by atoms with van der Waals surface area (Å²) >= 11 is 0. The van der Waals surface area contributed by atoms with Crippen LogP contribution < -0.4 is 4.90 Å². The molecule has 3 heterocycles. The highest BCUT2D eigenvalue weighted by Crippen LogP contribution is 2.26. The Morgan fingerprint density at radius 2 is 1.82 bits per heavy atom. The summed E-state index contributed by atoms with van der Waals surface area (Å²) in [6.45, 7) is 6.07. The molecule has 1 saturated heterocycles. The Kier molecular flexibility index (Phi) is 5.00. The lowest BCUT2D eigenvalue weighted by Crippen LogP contribution is -2.44. The van der Waals surface area contributed by atoms with Crippen LogP contribution >= 0.6 is 0 Å². The number of piperazine rings is 1. The molecule has 0 unspecified atom stereocenters. The maximum absolute atomic E-state index is 14.6. The Balaban J connectivity index is 1.60. The van der Waals surface area contributed by atoms with Gasteiger partial charge in [0.05, 0.1) is 6.61 Å². The van der Waals surface area contributed by atoms with Crippen molar-refractivity contribution in [2.45, 2.75) is 6.92 Å². The molecule has 7 heteroatoms. The van der Waals surface area contributed by atoms with Crippen molar-refractivity contribution in [1.29, 1.82) is 0 Å². The number of pyridine rings is 1. The topological polar surface area (TPSA) is 50.1 Å². The number of rotatable bonds is 4. The first-order chi connectivity index (χ1) is 13.5. The van der Waals surface area contributed by atoms with Gasteiger partial charge in [0.25, 0.3) is 0 Å². The first-order valence-corrected chi connectivity index (χ1v) is 9.44. The zero-order chi connectivity index (χ0) is 19.7. The fourth-order valence-electron chi connectivity index (χ4n) is 3.45. The summed E-state index contributed by atoms with van der Waals surface area (Å²) in [7, 11) is 2.13. The third-order valence-corrected chi connectivity index (χ3v) is 5.06. The van der Waals surface area contributed by atoms with Crippen LogP contribution in [0.15, 0.2) is 42.7 Å². The van der Waals surface area contributed by atoms with E-state index in [4.69, 9.17) is 4.74 Å². The highest BCUT2D eigenvalue weighted by molar-refractivity contribution is 5.88. The summed E-state index contributed by atoms with van der Waals surface area (Å²) < 4.78 is 21.0. The molecule has 0 bridgehead atoms. The molecule has 1 fully saturated rings. The van der Waals surface area contributed by atoms with Crippen LogP contribution in [-0.2, 0) is 4.74 Å². The minimum Gasteiger partial charge on any atom is -0.461 e. The fraction of sp³-hybridized carbons (Fsp3) is 0.333. The molecule has 4 rings (SSSR count). The maximum Gasteiger partial charge on any atom is 0.358 e. The van der Waals surface area contributed by atoms with Gasteiger partial charge in [0.1, 0.15) is 0 Å². The summed E-state index contributed by atoms with van der Waals surface area (Å²) in [4.78, 5) is 20.6. The first kappa shape index (κ1) is 18.4. The summed E-state index contributed by atoms with van der Waals surface area (Å²) in [5, 5.41) is 0. The molecule has 1 aliphatic rings. The minimum atomic E-state index is -0.552. The van der Waals surface area contributed by atoms with Crippen LogP contribution in [0.1, 0.15) is 17.4 Å².